The van der Waals surface area contributed by atoms with Crippen LogP contribution < -0.4 is 0 Å². The van der Waals surface area contributed by atoms with Gasteiger partial charge in [-0.15, -0.1) is 0 Å². The van der Waals surface area contributed by atoms with Crippen LogP contribution in [0.2, 0.25) is 0 Å². The van der Waals surface area contributed by atoms with Crippen molar-refractivity contribution in [1.82, 2.24) is 4.90 Å². The number of aliphatic hydroxyl groups is 3. The fourth-order valence-electron chi connectivity index (χ4n) is 11.1. The molecule has 0 spiro atoms. The number of nitrogens with zero attached hydrogens (tertiary/aromatic N) is 1. The molecule has 2 aliphatic heterocycles. The molecule has 3 aliphatic rings. The van der Waals surface area contributed by atoms with Crippen molar-refractivity contribution >= 4 is 29.2 Å². The second kappa shape index (κ2) is 34.7. The average molecular weight is 1130 g/mol. The molecule has 1 unspecified atom stereocenters. The molecular weight excluding hydrogens is 1040 g/mol. The number of hydrogen-bond acceptors (Lipinski definition) is 16. The van der Waals surface area contributed by atoms with Gasteiger partial charge in [-0.1, -0.05) is 71.6 Å². The van der Waals surface area contributed by atoms with E-state index in [9.17, 15) is 52.5 Å². The molecule has 1 amide bonds. The number of hydrogen-bond donors (Lipinski definition) is 3. The van der Waals surface area contributed by atoms with Gasteiger partial charge in [-0.2, -0.15) is 13.2 Å². The van der Waals surface area contributed by atoms with Gasteiger partial charge in [0.15, 0.2) is 5.78 Å². The third-order valence-electron chi connectivity index (χ3n) is 15.7. The normalized spacial score (nSPS) is 26.6. The molecule has 15 atom stereocenters. The zero-order valence-electron chi connectivity index (χ0n) is 48.5. The van der Waals surface area contributed by atoms with Crippen molar-refractivity contribution in [3.63, 3.8) is 0 Å². The first-order valence-corrected chi connectivity index (χ1v) is 28.3. The number of carbonyl (C=O) groups is 5. The number of aliphatic hydroxyl groups excluding tert-OH is 2. The quantitative estimate of drug-likeness (QED) is 0.0181. The van der Waals surface area contributed by atoms with Gasteiger partial charge in [0.1, 0.15) is 36.7 Å². The lowest BCUT2D eigenvalue weighted by molar-refractivity contribution is -0.266. The van der Waals surface area contributed by atoms with E-state index in [1.807, 2.05) is 32.9 Å². The van der Waals surface area contributed by atoms with Gasteiger partial charge < -0.3 is 58.1 Å². The second-order valence-electron chi connectivity index (χ2n) is 22.1. The summed E-state index contributed by atoms with van der Waals surface area (Å²) in [7, 11) is 2.96. The number of alkyl halides is 3. The molecule has 79 heavy (non-hydrogen) atoms. The van der Waals surface area contributed by atoms with Crippen LogP contribution in [-0.2, 0) is 61.9 Å². The highest BCUT2D eigenvalue weighted by atomic mass is 19.4. The first-order valence-electron chi connectivity index (χ1n) is 28.3. The molecule has 452 valence electrons. The predicted molar refractivity (Wildman–Crippen MR) is 289 cm³/mol. The Labute approximate surface area is 466 Å². The fraction of sp³-hybridized carbons (Fsp3) is 0.780. The molecule has 0 aromatic heterocycles. The van der Waals surface area contributed by atoms with Gasteiger partial charge in [-0.3, -0.25) is 19.2 Å². The summed E-state index contributed by atoms with van der Waals surface area (Å²) in [5.41, 5.74) is 1.09. The SMILES string of the molecule is C=C/C=C(\C)C(C[C@@H]1CC[C@@H](C)[C@](O)(C(=O)C(=O)N2CCCC[C@H]2C(=O)O[C@@H](CC(=O)[C@H](C)/C=C(\C)[C@@H](O)[C@@H](OC)C(=O)[C@H](C)C[C@H](C)/C=C/C)[C@H](C)C[C@@H]2CC[C@@H](OCCO)[C@H](OC)C2)O1)OCCOCCOCC(F)(F)F. The van der Waals surface area contributed by atoms with E-state index >= 15 is 0 Å². The Bertz CT molecular complexity index is 2010. The van der Waals surface area contributed by atoms with Gasteiger partial charge in [0, 0.05) is 51.4 Å². The number of piperidine rings is 1. The third kappa shape index (κ3) is 22.2. The van der Waals surface area contributed by atoms with Crippen LogP contribution in [0.25, 0.3) is 0 Å². The molecule has 3 fully saturated rings. The molecule has 2 saturated heterocycles. The summed E-state index contributed by atoms with van der Waals surface area (Å²) in [5, 5.41) is 32.9. The van der Waals surface area contributed by atoms with Crippen LogP contribution >= 0.6 is 0 Å². The molecule has 0 aromatic rings. The number of rotatable bonds is 35. The maximum Gasteiger partial charge on any atom is 0.411 e. The maximum atomic E-state index is 14.6. The van der Waals surface area contributed by atoms with Gasteiger partial charge in [0.05, 0.1) is 64.1 Å². The Hall–Kier alpha value is -3.70. The van der Waals surface area contributed by atoms with Crippen molar-refractivity contribution in [2.24, 2.45) is 35.5 Å². The largest absolute Gasteiger partial charge is 0.460 e. The third-order valence-corrected chi connectivity index (χ3v) is 15.7. The number of carbonyl (C=O) groups excluding carboxylic acids is 5. The number of amides is 1. The van der Waals surface area contributed by atoms with Gasteiger partial charge in [0.2, 0.25) is 5.79 Å². The lowest BCUT2D eigenvalue weighted by Crippen LogP contribution is -2.61. The highest BCUT2D eigenvalue weighted by molar-refractivity contribution is 6.39. The van der Waals surface area contributed by atoms with Crippen LogP contribution in [-0.4, -0.2) is 177 Å². The van der Waals surface area contributed by atoms with Crippen LogP contribution in [0.1, 0.15) is 132 Å². The number of methoxy groups -OCH3 is 2. The van der Waals surface area contributed by atoms with Crippen molar-refractivity contribution in [3.8, 4) is 0 Å². The van der Waals surface area contributed by atoms with E-state index in [-0.39, 0.29) is 101 Å². The minimum atomic E-state index is -4.45. The van der Waals surface area contributed by atoms with E-state index in [1.54, 1.807) is 60.0 Å². The Morgan fingerprint density at radius 2 is 1.59 bits per heavy atom. The van der Waals surface area contributed by atoms with Crippen LogP contribution in [0, 0.1) is 35.5 Å². The minimum Gasteiger partial charge on any atom is -0.460 e. The number of allylic oxidation sites excluding steroid dienone is 5. The van der Waals surface area contributed by atoms with Crippen molar-refractivity contribution in [2.45, 2.75) is 193 Å². The highest BCUT2D eigenvalue weighted by Crippen LogP contribution is 2.38. The fourth-order valence-corrected chi connectivity index (χ4v) is 11.1. The molecule has 2 heterocycles. The topological polar surface area (TPSA) is 223 Å². The Morgan fingerprint density at radius 3 is 2.24 bits per heavy atom. The highest BCUT2D eigenvalue weighted by Gasteiger charge is 2.53. The molecule has 0 aromatic carbocycles. The number of ether oxygens (including phenoxy) is 8. The predicted octanol–water partition coefficient (Wildman–Crippen LogP) is 7.80. The smallest absolute Gasteiger partial charge is 0.411 e. The van der Waals surface area contributed by atoms with E-state index < -0.39 is 96.5 Å². The number of halogens is 3. The molecule has 17 nitrogen and oxygen atoms in total. The standard InChI is InChI=1S/C59H94F3NO16/c1-12-16-37(3)30-41(7)52(66)54(73-11)53(67)42(8)31-39(5)47(65)35-50(40(6)32-44-20-22-48(76-25-24-64)51(33-44)72-10)78-57(70)46-18-14-15-23-63(46)56(69)55(68)59(71)43(9)19-21-45(79-59)34-49(38(4)17-13-2)77-29-28-74-26-27-75-36-58(60,61)62/h12-13,16-17,31,37,39-41,43-46,48-51,53-54,64,67,71H,2,14-15,18-30,32-36H2,1,3-11H3/b16-12+,38-17+,42-31+/t37-,39-,40-,41-,43-,44+,45+,46+,48-,49?,50+,51-,53-,54+,59-/m1/s1. The first kappa shape index (κ1) is 69.6. The van der Waals surface area contributed by atoms with E-state index in [0.29, 0.717) is 56.9 Å². The van der Waals surface area contributed by atoms with E-state index in [0.717, 1.165) is 16.9 Å². The average Bonchev–Trinajstić information content (AvgIpc) is 3.48. The summed E-state index contributed by atoms with van der Waals surface area (Å²) in [6, 6.07) is -1.23. The second-order valence-corrected chi connectivity index (χ2v) is 22.1. The molecular formula is C59H94F3NO16. The van der Waals surface area contributed by atoms with Crippen LogP contribution in [0.15, 0.2) is 48.1 Å². The Kier molecular flexibility index (Phi) is 30.5. The molecule has 20 heteroatoms. The van der Waals surface area contributed by atoms with Gasteiger partial charge in [-0.05, 0) is 114 Å². The zero-order chi connectivity index (χ0) is 59.0. The van der Waals surface area contributed by atoms with Gasteiger partial charge in [0.25, 0.3) is 11.7 Å². The number of ketones is 3. The van der Waals surface area contributed by atoms with E-state index in [4.69, 9.17) is 33.2 Å². The number of Topliss-reactive ketones (excluding diaryl/α,β-unsaturated/α-hetero) is 3. The van der Waals surface area contributed by atoms with Crippen molar-refractivity contribution in [3.05, 3.63) is 48.1 Å². The molecule has 1 saturated carbocycles. The summed E-state index contributed by atoms with van der Waals surface area (Å²) < 4.78 is 82.9. The van der Waals surface area contributed by atoms with Crippen molar-refractivity contribution in [1.29, 1.82) is 0 Å². The number of esters is 1. The molecule has 3 N–H and O–H groups in total. The van der Waals surface area contributed by atoms with E-state index in [1.165, 1.54) is 7.11 Å². The summed E-state index contributed by atoms with van der Waals surface area (Å²) in [5.74, 6) is -8.48. The van der Waals surface area contributed by atoms with Crippen LogP contribution in [0.4, 0.5) is 13.2 Å². The summed E-state index contributed by atoms with van der Waals surface area (Å²) in [6.07, 6.45) is 3.91. The lowest BCUT2D eigenvalue weighted by atomic mass is 9.78. The minimum absolute atomic E-state index is 0.0113. The Morgan fingerprint density at radius 1 is 0.899 bits per heavy atom. The first-order chi connectivity index (χ1) is 37.3. The zero-order valence-corrected chi connectivity index (χ0v) is 48.5. The van der Waals surface area contributed by atoms with Crippen LogP contribution in [0.5, 0.6) is 0 Å². The maximum absolute atomic E-state index is 14.6. The Balaban J connectivity index is 1.84. The van der Waals surface area contributed by atoms with Gasteiger partial charge in [-0.25, -0.2) is 4.79 Å². The van der Waals surface area contributed by atoms with Crippen molar-refractivity contribution < 1.29 is 90.4 Å². The monoisotopic (exact) mass is 1130 g/mol. The van der Waals surface area contributed by atoms with Crippen LogP contribution in [0.3, 0.4) is 0 Å². The molecule has 0 bridgehead atoms. The molecule has 1 aliphatic carbocycles. The molecule has 3 rings (SSSR count). The van der Waals surface area contributed by atoms with Crippen molar-refractivity contribution in [2.75, 3.05) is 67.0 Å². The van der Waals surface area contributed by atoms with Gasteiger partial charge >= 0.3 is 12.1 Å². The number of likely N-dealkylation sites (tertiary alicyclic amines) is 1. The van der Waals surface area contributed by atoms with E-state index in [2.05, 4.69) is 11.3 Å². The lowest BCUT2D eigenvalue weighted by Gasteiger charge is -2.43. The summed E-state index contributed by atoms with van der Waals surface area (Å²) in [6.45, 7) is 16.5. The summed E-state index contributed by atoms with van der Waals surface area (Å²) in [4.78, 5) is 72.3. The molecule has 0 radical (unpaired) electrons. The summed E-state index contributed by atoms with van der Waals surface area (Å²) >= 11 is 0.